The van der Waals surface area contributed by atoms with Gasteiger partial charge in [0.15, 0.2) is 0 Å². The van der Waals surface area contributed by atoms with E-state index in [2.05, 4.69) is 0 Å². The number of amides is 2. The number of carbonyl (C=O) groups excluding carboxylic acids is 2. The first-order chi connectivity index (χ1) is 12.5. The van der Waals surface area contributed by atoms with Gasteiger partial charge in [-0.3, -0.25) is 14.4 Å². The lowest BCUT2D eigenvalue weighted by Gasteiger charge is -2.45. The van der Waals surface area contributed by atoms with E-state index in [0.717, 1.165) is 5.56 Å². The molecule has 2 heterocycles. The monoisotopic (exact) mass is 374 g/mol. The second-order valence-electron chi connectivity index (χ2n) is 6.65. The second kappa shape index (κ2) is 6.37. The molecule has 0 saturated carbocycles. The zero-order valence-electron chi connectivity index (χ0n) is 13.8. The molecule has 0 N–H and O–H groups in total. The Hall–Kier alpha value is -2.44. The summed E-state index contributed by atoms with van der Waals surface area (Å²) in [6.45, 7) is 0.849. The summed E-state index contributed by atoms with van der Waals surface area (Å²) in [5, 5.41) is 1.64. The van der Waals surface area contributed by atoms with Crippen LogP contribution in [0, 0.1) is 5.82 Å². The molecule has 1 spiro atoms. The highest BCUT2D eigenvalue weighted by molar-refractivity contribution is 6.31. The third kappa shape index (κ3) is 3.06. The van der Waals surface area contributed by atoms with E-state index in [1.54, 1.807) is 0 Å². The molecule has 2 aliphatic rings. The number of likely N-dealkylation sites (tertiary alicyclic amines) is 1. The van der Waals surface area contributed by atoms with Gasteiger partial charge in [0, 0.05) is 5.02 Å². The van der Waals surface area contributed by atoms with Crippen LogP contribution >= 0.6 is 11.6 Å². The van der Waals surface area contributed by atoms with Gasteiger partial charge in [0.05, 0.1) is 31.6 Å². The molecular weight excluding hydrogens is 359 g/mol. The number of nitrogens with zero attached hydrogens (tertiary/aromatic N) is 2. The van der Waals surface area contributed by atoms with Crippen LogP contribution in [-0.2, 0) is 16.2 Å². The summed E-state index contributed by atoms with van der Waals surface area (Å²) in [6, 6.07) is 13.4. The SMILES string of the molecule is O=C(c1cc(Cl)ccc1F)N1CC2(CC(=O)N(Cc3ccccc3)O2)C1. The molecule has 2 amide bonds. The molecule has 2 fully saturated rings. The molecule has 0 aliphatic carbocycles. The van der Waals surface area contributed by atoms with Gasteiger partial charge in [-0.2, -0.15) is 0 Å². The van der Waals surface area contributed by atoms with Crippen molar-refractivity contribution in [3.63, 3.8) is 0 Å². The van der Waals surface area contributed by atoms with Crippen molar-refractivity contribution < 1.29 is 18.8 Å². The van der Waals surface area contributed by atoms with Crippen molar-refractivity contribution in [2.45, 2.75) is 18.6 Å². The molecular formula is C19H16ClFN2O3. The van der Waals surface area contributed by atoms with E-state index >= 15 is 0 Å². The molecule has 0 aromatic heterocycles. The molecule has 5 nitrogen and oxygen atoms in total. The van der Waals surface area contributed by atoms with E-state index in [1.807, 2.05) is 30.3 Å². The van der Waals surface area contributed by atoms with Crippen molar-refractivity contribution in [2.75, 3.05) is 13.1 Å². The Bertz CT molecular complexity index is 868. The van der Waals surface area contributed by atoms with Gasteiger partial charge in [-0.15, -0.1) is 0 Å². The summed E-state index contributed by atoms with van der Waals surface area (Å²) < 4.78 is 13.9. The Morgan fingerprint density at radius 2 is 1.92 bits per heavy atom. The smallest absolute Gasteiger partial charge is 0.257 e. The van der Waals surface area contributed by atoms with Crippen LogP contribution in [-0.4, -0.2) is 40.5 Å². The minimum atomic E-state index is -0.712. The second-order valence-corrected chi connectivity index (χ2v) is 7.09. The van der Waals surface area contributed by atoms with Crippen molar-refractivity contribution in [1.29, 1.82) is 0 Å². The largest absolute Gasteiger partial charge is 0.332 e. The summed E-state index contributed by atoms with van der Waals surface area (Å²) in [7, 11) is 0. The number of hydrogen-bond acceptors (Lipinski definition) is 3. The third-order valence-electron chi connectivity index (χ3n) is 4.63. The van der Waals surface area contributed by atoms with E-state index in [1.165, 1.54) is 28.2 Å². The Balaban J connectivity index is 1.41. The van der Waals surface area contributed by atoms with Crippen LogP contribution in [0.25, 0.3) is 0 Å². The van der Waals surface area contributed by atoms with Crippen molar-refractivity contribution in [1.82, 2.24) is 9.96 Å². The van der Waals surface area contributed by atoms with Crippen molar-refractivity contribution in [3.8, 4) is 0 Å². The fraction of sp³-hybridized carbons (Fsp3) is 0.263. The minimum absolute atomic E-state index is 0.0715. The summed E-state index contributed by atoms with van der Waals surface area (Å²) in [4.78, 5) is 32.0. The van der Waals surface area contributed by atoms with Crippen molar-refractivity contribution >= 4 is 23.4 Å². The Morgan fingerprint density at radius 3 is 2.65 bits per heavy atom. The number of rotatable bonds is 3. The summed E-state index contributed by atoms with van der Waals surface area (Å²) >= 11 is 5.85. The Labute approximate surface area is 154 Å². The fourth-order valence-corrected chi connectivity index (χ4v) is 3.52. The molecule has 134 valence electrons. The summed E-state index contributed by atoms with van der Waals surface area (Å²) in [6.07, 6.45) is 0.210. The molecule has 2 saturated heterocycles. The van der Waals surface area contributed by atoms with Crippen molar-refractivity contribution in [3.05, 3.63) is 70.5 Å². The maximum absolute atomic E-state index is 13.9. The van der Waals surface area contributed by atoms with Crippen LogP contribution in [0.2, 0.25) is 5.02 Å². The molecule has 2 aromatic rings. The molecule has 26 heavy (non-hydrogen) atoms. The van der Waals surface area contributed by atoms with Gasteiger partial charge in [0.2, 0.25) is 5.91 Å². The van der Waals surface area contributed by atoms with Crippen LogP contribution in [0.15, 0.2) is 48.5 Å². The fourth-order valence-electron chi connectivity index (χ4n) is 3.34. The van der Waals surface area contributed by atoms with Crippen LogP contribution in [0.1, 0.15) is 22.3 Å². The van der Waals surface area contributed by atoms with Crippen molar-refractivity contribution in [2.24, 2.45) is 0 Å². The van der Waals surface area contributed by atoms with Crippen LogP contribution in [0.5, 0.6) is 0 Å². The number of halogens is 2. The number of carbonyl (C=O) groups is 2. The van der Waals surface area contributed by atoms with Gasteiger partial charge < -0.3 is 4.90 Å². The molecule has 0 atom stereocenters. The first-order valence-corrected chi connectivity index (χ1v) is 8.61. The predicted molar refractivity (Wildman–Crippen MR) is 92.7 cm³/mol. The normalized spacial score (nSPS) is 18.3. The molecule has 2 aliphatic heterocycles. The highest BCUT2D eigenvalue weighted by Crippen LogP contribution is 2.37. The highest BCUT2D eigenvalue weighted by atomic mass is 35.5. The number of hydrogen-bond donors (Lipinski definition) is 0. The zero-order chi connectivity index (χ0) is 18.3. The van der Waals surface area contributed by atoms with Crippen LogP contribution in [0.4, 0.5) is 4.39 Å². The Morgan fingerprint density at radius 1 is 1.19 bits per heavy atom. The van der Waals surface area contributed by atoms with Gasteiger partial charge in [0.25, 0.3) is 5.91 Å². The molecule has 7 heteroatoms. The van der Waals surface area contributed by atoms with Gasteiger partial charge in [-0.25, -0.2) is 9.45 Å². The Kier molecular flexibility index (Phi) is 4.17. The predicted octanol–water partition coefficient (Wildman–Crippen LogP) is 3.04. The number of benzene rings is 2. The van der Waals surface area contributed by atoms with E-state index < -0.39 is 17.3 Å². The van der Waals surface area contributed by atoms with Gasteiger partial charge in [-0.05, 0) is 23.8 Å². The molecule has 0 radical (unpaired) electrons. The first-order valence-electron chi connectivity index (χ1n) is 8.24. The van der Waals surface area contributed by atoms with Crippen LogP contribution in [0.3, 0.4) is 0 Å². The maximum Gasteiger partial charge on any atom is 0.257 e. The third-order valence-corrected chi connectivity index (χ3v) is 4.86. The highest BCUT2D eigenvalue weighted by Gasteiger charge is 2.55. The zero-order valence-corrected chi connectivity index (χ0v) is 14.6. The quantitative estimate of drug-likeness (QED) is 0.829. The van der Waals surface area contributed by atoms with Gasteiger partial charge >= 0.3 is 0 Å². The standard InChI is InChI=1S/C19H16ClFN2O3/c20-14-6-7-16(21)15(8-14)18(25)22-11-19(12-22)9-17(24)23(26-19)10-13-4-2-1-3-5-13/h1-8H,9-12H2. The topological polar surface area (TPSA) is 49.9 Å². The van der Waals surface area contributed by atoms with E-state index in [-0.39, 0.29) is 31.0 Å². The van der Waals surface area contributed by atoms with E-state index in [9.17, 15) is 14.0 Å². The minimum Gasteiger partial charge on any atom is -0.332 e. The molecule has 0 bridgehead atoms. The van der Waals surface area contributed by atoms with Gasteiger partial charge in [-0.1, -0.05) is 41.9 Å². The van der Waals surface area contributed by atoms with E-state index in [0.29, 0.717) is 11.6 Å². The summed E-state index contributed by atoms with van der Waals surface area (Å²) in [5.41, 5.74) is 0.181. The molecule has 2 aromatic carbocycles. The average Bonchev–Trinajstić information content (AvgIpc) is 2.93. The van der Waals surface area contributed by atoms with Gasteiger partial charge in [0.1, 0.15) is 11.4 Å². The lowest BCUT2D eigenvalue weighted by Crippen LogP contribution is -2.63. The maximum atomic E-state index is 13.9. The lowest BCUT2D eigenvalue weighted by atomic mass is 9.90. The average molecular weight is 375 g/mol. The first kappa shape index (κ1) is 17.0. The lowest BCUT2D eigenvalue weighted by molar-refractivity contribution is -0.233. The number of hydroxylamine groups is 2. The van der Waals surface area contributed by atoms with E-state index in [4.69, 9.17) is 16.4 Å². The van der Waals surface area contributed by atoms with Crippen LogP contribution < -0.4 is 0 Å². The molecule has 0 unspecified atom stereocenters. The molecule has 4 rings (SSSR count). The summed E-state index contributed by atoms with van der Waals surface area (Å²) in [5.74, 6) is -1.18.